The predicted octanol–water partition coefficient (Wildman–Crippen LogP) is 5.66. The predicted molar refractivity (Wildman–Crippen MR) is 99.0 cm³/mol. The second kappa shape index (κ2) is 8.16. The number of anilines is 2. The summed E-state index contributed by atoms with van der Waals surface area (Å²) in [6, 6.07) is 6.60. The van der Waals surface area contributed by atoms with Crippen LogP contribution in [-0.2, 0) is 12.4 Å². The molecule has 0 aromatic heterocycles. The SMILES string of the molecule is Nc1ccc(OC2CCC(Oc3ccc(N)cc3C(F)(F)F)CC2)c(C(F)(F)F)c1. The molecule has 1 aliphatic rings. The highest BCUT2D eigenvalue weighted by Crippen LogP contribution is 2.40. The smallest absolute Gasteiger partial charge is 0.420 e. The molecule has 1 saturated carbocycles. The minimum absolute atomic E-state index is 0.0317. The van der Waals surface area contributed by atoms with Crippen molar-refractivity contribution in [1.29, 1.82) is 0 Å². The molecule has 0 radical (unpaired) electrons. The number of rotatable bonds is 4. The van der Waals surface area contributed by atoms with Crippen molar-refractivity contribution in [1.82, 2.24) is 0 Å². The van der Waals surface area contributed by atoms with E-state index in [1.807, 2.05) is 0 Å². The quantitative estimate of drug-likeness (QED) is 0.481. The zero-order valence-electron chi connectivity index (χ0n) is 15.7. The molecule has 2 aromatic carbocycles. The van der Waals surface area contributed by atoms with Gasteiger partial charge in [0.25, 0.3) is 0 Å². The summed E-state index contributed by atoms with van der Waals surface area (Å²) in [6.45, 7) is 0. The Bertz CT molecular complexity index is 816. The first kappa shape index (κ1) is 21.9. The Labute approximate surface area is 168 Å². The Morgan fingerprint density at radius 3 is 1.27 bits per heavy atom. The lowest BCUT2D eigenvalue weighted by molar-refractivity contribution is -0.140. The van der Waals surface area contributed by atoms with Crippen LogP contribution in [-0.4, -0.2) is 12.2 Å². The maximum atomic E-state index is 13.2. The van der Waals surface area contributed by atoms with Crippen LogP contribution in [0, 0.1) is 0 Å². The van der Waals surface area contributed by atoms with E-state index in [0.29, 0.717) is 25.7 Å². The number of hydrogen-bond donors (Lipinski definition) is 2. The summed E-state index contributed by atoms with van der Waals surface area (Å²) in [5.74, 6) is -0.641. The Balaban J connectivity index is 1.65. The highest BCUT2D eigenvalue weighted by Gasteiger charge is 2.37. The third-order valence-corrected chi connectivity index (χ3v) is 4.83. The van der Waals surface area contributed by atoms with Gasteiger partial charge < -0.3 is 20.9 Å². The van der Waals surface area contributed by atoms with Crippen LogP contribution in [0.1, 0.15) is 36.8 Å². The highest BCUT2D eigenvalue weighted by atomic mass is 19.4. The summed E-state index contributed by atoms with van der Waals surface area (Å²) >= 11 is 0. The summed E-state index contributed by atoms with van der Waals surface area (Å²) in [4.78, 5) is 0. The van der Waals surface area contributed by atoms with E-state index >= 15 is 0 Å². The number of hydrogen-bond acceptors (Lipinski definition) is 4. The van der Waals surface area contributed by atoms with E-state index in [0.717, 1.165) is 12.1 Å². The van der Waals surface area contributed by atoms with Gasteiger partial charge in [0.1, 0.15) is 11.5 Å². The summed E-state index contributed by atoms with van der Waals surface area (Å²) < 4.78 is 90.2. The van der Waals surface area contributed by atoms with Crippen molar-refractivity contribution in [2.45, 2.75) is 50.2 Å². The van der Waals surface area contributed by atoms with Crippen molar-refractivity contribution < 1.29 is 35.8 Å². The maximum absolute atomic E-state index is 13.2. The fourth-order valence-corrected chi connectivity index (χ4v) is 3.37. The molecular weight excluding hydrogens is 414 g/mol. The van der Waals surface area contributed by atoms with E-state index in [1.165, 1.54) is 24.3 Å². The molecule has 1 fully saturated rings. The van der Waals surface area contributed by atoms with Crippen molar-refractivity contribution >= 4 is 11.4 Å². The molecule has 3 rings (SSSR count). The Morgan fingerprint density at radius 2 is 0.967 bits per heavy atom. The molecule has 0 spiro atoms. The fraction of sp³-hybridized carbons (Fsp3) is 0.400. The van der Waals surface area contributed by atoms with Gasteiger partial charge in [0.2, 0.25) is 0 Å². The van der Waals surface area contributed by atoms with E-state index in [1.54, 1.807) is 0 Å². The van der Waals surface area contributed by atoms with Crippen LogP contribution in [0.3, 0.4) is 0 Å². The Hall–Kier alpha value is -2.78. The van der Waals surface area contributed by atoms with Gasteiger partial charge in [0, 0.05) is 11.4 Å². The molecule has 1 aliphatic carbocycles. The second-order valence-corrected chi connectivity index (χ2v) is 7.14. The lowest BCUT2D eigenvalue weighted by atomic mass is 9.94. The van der Waals surface area contributed by atoms with Crippen molar-refractivity contribution in [3.05, 3.63) is 47.5 Å². The van der Waals surface area contributed by atoms with Crippen LogP contribution < -0.4 is 20.9 Å². The summed E-state index contributed by atoms with van der Waals surface area (Å²) in [5, 5.41) is 0. The highest BCUT2D eigenvalue weighted by molar-refractivity contribution is 5.50. The first-order valence-corrected chi connectivity index (χ1v) is 9.20. The minimum Gasteiger partial charge on any atom is -0.490 e. The first-order valence-electron chi connectivity index (χ1n) is 9.20. The number of benzene rings is 2. The molecule has 0 unspecified atom stereocenters. The average molecular weight is 434 g/mol. The molecule has 4 N–H and O–H groups in total. The molecule has 4 nitrogen and oxygen atoms in total. The van der Waals surface area contributed by atoms with Crippen LogP contribution >= 0.6 is 0 Å². The van der Waals surface area contributed by atoms with E-state index in [2.05, 4.69) is 0 Å². The summed E-state index contributed by atoms with van der Waals surface area (Å²) in [7, 11) is 0. The topological polar surface area (TPSA) is 70.5 Å². The van der Waals surface area contributed by atoms with Crippen molar-refractivity contribution in [2.75, 3.05) is 11.5 Å². The van der Waals surface area contributed by atoms with E-state index in [4.69, 9.17) is 20.9 Å². The minimum atomic E-state index is -4.62. The Kier molecular flexibility index (Phi) is 5.96. The Morgan fingerprint density at radius 1 is 0.633 bits per heavy atom. The number of alkyl halides is 6. The van der Waals surface area contributed by atoms with Gasteiger partial charge in [-0.1, -0.05) is 0 Å². The van der Waals surface area contributed by atoms with Crippen molar-refractivity contribution in [3.63, 3.8) is 0 Å². The largest absolute Gasteiger partial charge is 0.490 e. The van der Waals surface area contributed by atoms with Gasteiger partial charge in [-0.05, 0) is 62.1 Å². The molecule has 10 heteroatoms. The number of halogens is 6. The third-order valence-electron chi connectivity index (χ3n) is 4.83. The number of nitrogens with two attached hydrogens (primary N) is 2. The molecule has 0 bridgehead atoms. The molecule has 0 amide bonds. The molecule has 164 valence electrons. The van der Waals surface area contributed by atoms with Crippen molar-refractivity contribution in [3.8, 4) is 11.5 Å². The van der Waals surface area contributed by atoms with Gasteiger partial charge >= 0.3 is 12.4 Å². The molecule has 0 atom stereocenters. The first-order chi connectivity index (χ1) is 13.9. The zero-order valence-corrected chi connectivity index (χ0v) is 15.7. The maximum Gasteiger partial charge on any atom is 0.420 e. The zero-order chi connectivity index (χ0) is 22.1. The van der Waals surface area contributed by atoms with Gasteiger partial charge in [-0.3, -0.25) is 0 Å². The normalized spacial score (nSPS) is 20.1. The average Bonchev–Trinajstić information content (AvgIpc) is 2.64. The van der Waals surface area contributed by atoms with E-state index in [9.17, 15) is 26.3 Å². The van der Waals surface area contributed by atoms with Gasteiger partial charge in [0.05, 0.1) is 23.3 Å². The molecule has 0 heterocycles. The van der Waals surface area contributed by atoms with Crippen LogP contribution in [0.15, 0.2) is 36.4 Å². The molecule has 0 aliphatic heterocycles. The van der Waals surface area contributed by atoms with Crippen molar-refractivity contribution in [2.24, 2.45) is 0 Å². The summed E-state index contributed by atoms with van der Waals surface area (Å²) in [5.41, 5.74) is 8.90. The van der Waals surface area contributed by atoms with Crippen LogP contribution in [0.2, 0.25) is 0 Å². The molecular formula is C20H20F6N2O2. The van der Waals surface area contributed by atoms with Gasteiger partial charge in [0.15, 0.2) is 0 Å². The third kappa shape index (κ3) is 5.22. The van der Waals surface area contributed by atoms with Gasteiger partial charge in [-0.15, -0.1) is 0 Å². The van der Waals surface area contributed by atoms with Crippen LogP contribution in [0.25, 0.3) is 0 Å². The monoisotopic (exact) mass is 434 g/mol. The van der Waals surface area contributed by atoms with Crippen LogP contribution in [0.5, 0.6) is 11.5 Å². The molecule has 0 saturated heterocycles. The summed E-state index contributed by atoms with van der Waals surface area (Å²) in [6.07, 6.45) is -8.91. The lowest BCUT2D eigenvalue weighted by Gasteiger charge is -2.30. The number of ether oxygens (including phenoxy) is 2. The van der Waals surface area contributed by atoms with E-state index < -0.39 is 35.7 Å². The van der Waals surface area contributed by atoms with Gasteiger partial charge in [-0.25, -0.2) is 0 Å². The lowest BCUT2D eigenvalue weighted by Crippen LogP contribution is -2.31. The van der Waals surface area contributed by atoms with E-state index in [-0.39, 0.29) is 22.9 Å². The number of nitrogen functional groups attached to an aromatic ring is 2. The van der Waals surface area contributed by atoms with Crippen LogP contribution in [0.4, 0.5) is 37.7 Å². The van der Waals surface area contributed by atoms with Gasteiger partial charge in [-0.2, -0.15) is 26.3 Å². The standard InChI is InChI=1S/C20H20F6N2O2/c21-19(22,23)15-9-11(27)1-7-17(15)29-13-3-5-14(6-4-13)30-18-8-2-12(28)10-16(18)20(24,25)26/h1-2,7-10,13-14H,3-6,27-28H2. The molecule has 30 heavy (non-hydrogen) atoms. The fourth-order valence-electron chi connectivity index (χ4n) is 3.37. The molecule has 2 aromatic rings. The second-order valence-electron chi connectivity index (χ2n) is 7.14.